The molecule has 5 heteroatoms. The van der Waals surface area contributed by atoms with E-state index < -0.39 is 0 Å². The highest BCUT2D eigenvalue weighted by Gasteiger charge is 1.96. The Morgan fingerprint density at radius 3 is 2.83 bits per heavy atom. The van der Waals surface area contributed by atoms with E-state index in [1.165, 1.54) is 13.3 Å². The number of amides is 1. The van der Waals surface area contributed by atoms with Gasteiger partial charge in [-0.25, -0.2) is 5.01 Å². The van der Waals surface area contributed by atoms with E-state index in [0.717, 1.165) is 5.01 Å². The zero-order valence-corrected chi connectivity index (χ0v) is 7.19. The number of nitrogens with zero attached hydrogens (tertiary/aromatic N) is 2. The third-order valence-electron chi connectivity index (χ3n) is 0.980. The second-order valence-corrected chi connectivity index (χ2v) is 1.99. The van der Waals surface area contributed by atoms with Crippen molar-refractivity contribution >= 4 is 18.6 Å². The van der Waals surface area contributed by atoms with Crippen LogP contribution >= 0.6 is 0 Å². The van der Waals surface area contributed by atoms with Crippen LogP contribution in [0.15, 0.2) is 5.10 Å². The van der Waals surface area contributed by atoms with Crippen molar-refractivity contribution in [1.29, 1.82) is 0 Å². The van der Waals surface area contributed by atoms with Crippen LogP contribution in [0, 0.1) is 0 Å². The van der Waals surface area contributed by atoms with E-state index in [-0.39, 0.29) is 12.4 Å². The Bertz CT molecular complexity index is 179. The molecule has 0 saturated carbocycles. The summed E-state index contributed by atoms with van der Waals surface area (Å²) in [5.41, 5.74) is 0. The van der Waals surface area contributed by atoms with Gasteiger partial charge in [0.15, 0.2) is 0 Å². The lowest BCUT2D eigenvalue weighted by Gasteiger charge is -2.00. The monoisotopic (exact) mass is 172 g/mol. The van der Waals surface area contributed by atoms with Gasteiger partial charge in [0, 0.05) is 13.3 Å². The molecule has 0 aromatic carbocycles. The summed E-state index contributed by atoms with van der Waals surface area (Å²) in [6, 6.07) is 0. The maximum absolute atomic E-state index is 10.7. The summed E-state index contributed by atoms with van der Waals surface area (Å²) in [4.78, 5) is 20.7. The van der Waals surface area contributed by atoms with E-state index in [1.54, 1.807) is 6.92 Å². The van der Waals surface area contributed by atoms with Gasteiger partial charge in [-0.15, -0.1) is 0 Å². The van der Waals surface area contributed by atoms with Gasteiger partial charge in [-0.3, -0.25) is 9.59 Å². The first-order chi connectivity index (χ1) is 5.70. The van der Waals surface area contributed by atoms with E-state index in [9.17, 15) is 9.59 Å². The minimum absolute atomic E-state index is 0.0893. The van der Waals surface area contributed by atoms with Crippen LogP contribution in [0.2, 0.25) is 0 Å². The summed E-state index contributed by atoms with van der Waals surface area (Å²) in [5, 5.41) is 4.67. The molecule has 0 aromatic rings. The number of hydrogen-bond acceptors (Lipinski definition) is 4. The van der Waals surface area contributed by atoms with Gasteiger partial charge in [-0.2, -0.15) is 5.10 Å². The van der Waals surface area contributed by atoms with Gasteiger partial charge in [-0.05, 0) is 6.92 Å². The molecule has 68 valence electrons. The smallest absolute Gasteiger partial charge is 0.311 e. The number of esters is 1. The molecule has 0 radical (unpaired) electrons. The first kappa shape index (κ1) is 10.6. The lowest BCUT2D eigenvalue weighted by Crippen LogP contribution is -2.09. The molecule has 0 aliphatic heterocycles. The summed E-state index contributed by atoms with van der Waals surface area (Å²) in [6.07, 6.45) is 1.96. The Labute approximate surface area is 71.0 Å². The Morgan fingerprint density at radius 2 is 2.33 bits per heavy atom. The van der Waals surface area contributed by atoms with Crippen LogP contribution in [0.25, 0.3) is 0 Å². The number of carbonyl (C=O) groups is 2. The van der Waals surface area contributed by atoms with Crippen molar-refractivity contribution in [1.82, 2.24) is 5.01 Å². The maximum atomic E-state index is 10.7. The number of carbonyl (C=O) groups excluding carboxylic acids is 2. The average molecular weight is 172 g/mol. The Hall–Kier alpha value is -1.39. The van der Waals surface area contributed by atoms with Crippen LogP contribution in [0.5, 0.6) is 0 Å². The number of rotatable bonds is 5. The standard InChI is InChI=1S/C7H12N2O3/c1-3-12-7(11)4-5-8-9(2)6-10/h5-6H,3-4H2,1-2H3/b8-5-. The van der Waals surface area contributed by atoms with Crippen molar-refractivity contribution in [2.24, 2.45) is 5.10 Å². The molecule has 0 fully saturated rings. The molecular formula is C7H12N2O3. The van der Waals surface area contributed by atoms with Gasteiger partial charge in [0.05, 0.1) is 13.0 Å². The summed E-state index contributed by atoms with van der Waals surface area (Å²) in [5.74, 6) is -0.347. The second-order valence-electron chi connectivity index (χ2n) is 1.99. The highest BCUT2D eigenvalue weighted by Crippen LogP contribution is 1.83. The van der Waals surface area contributed by atoms with E-state index in [2.05, 4.69) is 9.84 Å². The van der Waals surface area contributed by atoms with Crippen LogP contribution in [-0.2, 0) is 14.3 Å². The third kappa shape index (κ3) is 5.40. The minimum Gasteiger partial charge on any atom is -0.466 e. The highest BCUT2D eigenvalue weighted by atomic mass is 16.5. The molecular weight excluding hydrogens is 160 g/mol. The highest BCUT2D eigenvalue weighted by molar-refractivity contribution is 5.85. The largest absolute Gasteiger partial charge is 0.466 e. The van der Waals surface area contributed by atoms with Gasteiger partial charge in [0.1, 0.15) is 0 Å². The predicted molar refractivity (Wildman–Crippen MR) is 43.6 cm³/mol. The van der Waals surface area contributed by atoms with Gasteiger partial charge in [0.2, 0.25) is 6.41 Å². The molecule has 0 atom stereocenters. The van der Waals surface area contributed by atoms with Crippen LogP contribution in [-0.4, -0.2) is 37.3 Å². The molecule has 0 N–H and O–H groups in total. The van der Waals surface area contributed by atoms with Gasteiger partial charge in [-0.1, -0.05) is 0 Å². The fraction of sp³-hybridized carbons (Fsp3) is 0.571. The lowest BCUT2D eigenvalue weighted by atomic mass is 10.5. The predicted octanol–water partition coefficient (Wildman–Crippen LogP) is 0.0136. The van der Waals surface area contributed by atoms with Crippen LogP contribution in [0.3, 0.4) is 0 Å². The van der Waals surface area contributed by atoms with Crippen molar-refractivity contribution in [3.63, 3.8) is 0 Å². The maximum Gasteiger partial charge on any atom is 0.311 e. The normalized spacial score (nSPS) is 9.83. The quantitative estimate of drug-likeness (QED) is 0.254. The molecule has 0 bridgehead atoms. The summed E-state index contributed by atoms with van der Waals surface area (Å²) >= 11 is 0. The lowest BCUT2D eigenvalue weighted by molar-refractivity contribution is -0.141. The van der Waals surface area contributed by atoms with Crippen molar-refractivity contribution in [2.45, 2.75) is 13.3 Å². The Kier molecular flexibility index (Phi) is 5.60. The molecule has 0 heterocycles. The second kappa shape index (κ2) is 6.33. The molecule has 0 saturated heterocycles. The fourth-order valence-corrected chi connectivity index (χ4v) is 0.491. The first-order valence-electron chi connectivity index (χ1n) is 3.57. The summed E-state index contributed by atoms with van der Waals surface area (Å²) < 4.78 is 4.62. The molecule has 5 nitrogen and oxygen atoms in total. The molecule has 0 spiro atoms. The van der Waals surface area contributed by atoms with Gasteiger partial charge >= 0.3 is 5.97 Å². The van der Waals surface area contributed by atoms with E-state index in [4.69, 9.17) is 0 Å². The topological polar surface area (TPSA) is 59.0 Å². The zero-order chi connectivity index (χ0) is 9.40. The van der Waals surface area contributed by atoms with E-state index >= 15 is 0 Å². The van der Waals surface area contributed by atoms with Crippen molar-refractivity contribution in [3.8, 4) is 0 Å². The molecule has 0 aromatic heterocycles. The van der Waals surface area contributed by atoms with Crippen molar-refractivity contribution in [3.05, 3.63) is 0 Å². The van der Waals surface area contributed by atoms with E-state index in [1.807, 2.05) is 0 Å². The number of ether oxygens (including phenoxy) is 1. The third-order valence-corrected chi connectivity index (χ3v) is 0.980. The Balaban J connectivity index is 3.59. The van der Waals surface area contributed by atoms with E-state index in [0.29, 0.717) is 13.0 Å². The molecule has 0 unspecified atom stereocenters. The SMILES string of the molecule is CCOC(=O)C/C=N\N(C)C=O. The molecule has 1 amide bonds. The fourth-order valence-electron chi connectivity index (χ4n) is 0.491. The zero-order valence-electron chi connectivity index (χ0n) is 7.19. The van der Waals surface area contributed by atoms with Crippen molar-refractivity contribution < 1.29 is 14.3 Å². The molecule has 0 aliphatic rings. The number of hydrogen-bond donors (Lipinski definition) is 0. The van der Waals surface area contributed by atoms with Gasteiger partial charge < -0.3 is 4.74 Å². The van der Waals surface area contributed by atoms with Gasteiger partial charge in [0.25, 0.3) is 0 Å². The molecule has 0 rings (SSSR count). The van der Waals surface area contributed by atoms with Crippen LogP contribution < -0.4 is 0 Å². The summed E-state index contributed by atoms with van der Waals surface area (Å²) in [7, 11) is 1.48. The average Bonchev–Trinajstić information content (AvgIpc) is 2.04. The number of hydrazone groups is 1. The first-order valence-corrected chi connectivity index (χ1v) is 3.57. The van der Waals surface area contributed by atoms with Crippen molar-refractivity contribution in [2.75, 3.05) is 13.7 Å². The van der Waals surface area contributed by atoms with Crippen LogP contribution in [0.4, 0.5) is 0 Å². The molecule has 0 aliphatic carbocycles. The Morgan fingerprint density at radius 1 is 1.67 bits per heavy atom. The summed E-state index contributed by atoms with van der Waals surface area (Å²) in [6.45, 7) is 2.09. The van der Waals surface area contributed by atoms with Crippen LogP contribution in [0.1, 0.15) is 13.3 Å². The molecule has 12 heavy (non-hydrogen) atoms. The minimum atomic E-state index is -0.347.